The van der Waals surface area contributed by atoms with Gasteiger partial charge in [0.1, 0.15) is 0 Å². The average Bonchev–Trinajstić information content (AvgIpc) is 2.97. The van der Waals surface area contributed by atoms with Crippen LogP contribution < -0.4 is 5.32 Å². The number of nitrogens with one attached hydrogen (secondary N) is 1. The molecule has 0 radical (unpaired) electrons. The summed E-state index contributed by atoms with van der Waals surface area (Å²) >= 11 is 5.94. The average molecular weight is 395 g/mol. The van der Waals surface area contributed by atoms with E-state index in [9.17, 15) is 13.2 Å². The highest BCUT2D eigenvalue weighted by Crippen LogP contribution is 2.23. The van der Waals surface area contributed by atoms with Gasteiger partial charge in [-0.2, -0.15) is 0 Å². The molecule has 1 fully saturated rings. The Bertz CT molecular complexity index is 932. The fourth-order valence-corrected chi connectivity index (χ4v) is 4.85. The van der Waals surface area contributed by atoms with Gasteiger partial charge in [0, 0.05) is 23.8 Å². The highest BCUT2D eigenvalue weighted by Gasteiger charge is 2.33. The predicted molar refractivity (Wildman–Crippen MR) is 101 cm³/mol. The lowest BCUT2D eigenvalue weighted by molar-refractivity contribution is 0.0740. The van der Waals surface area contributed by atoms with E-state index in [0.717, 1.165) is 11.3 Å². The van der Waals surface area contributed by atoms with Gasteiger partial charge >= 0.3 is 0 Å². The van der Waals surface area contributed by atoms with Crippen molar-refractivity contribution in [3.8, 4) is 0 Å². The number of halogens is 1. The van der Waals surface area contributed by atoms with Gasteiger partial charge in [-0.1, -0.05) is 11.6 Å². The molecule has 0 saturated carbocycles. The van der Waals surface area contributed by atoms with Gasteiger partial charge in [-0.25, -0.2) is 8.42 Å². The van der Waals surface area contributed by atoms with Gasteiger partial charge < -0.3 is 10.2 Å². The molecule has 1 saturated heterocycles. The first-order valence-corrected chi connectivity index (χ1v) is 10.3. The Hall–Kier alpha value is -2.19. The summed E-state index contributed by atoms with van der Waals surface area (Å²) in [7, 11) is -1.46. The highest BCUT2D eigenvalue weighted by atomic mass is 35.5. The lowest BCUT2D eigenvalue weighted by atomic mass is 10.2. The maximum atomic E-state index is 12.5. The van der Waals surface area contributed by atoms with Crippen molar-refractivity contribution in [2.75, 3.05) is 23.9 Å². The number of hydrogen-bond acceptors (Lipinski definition) is 6. The van der Waals surface area contributed by atoms with Crippen molar-refractivity contribution in [2.24, 2.45) is 0 Å². The molecule has 1 amide bonds. The molecule has 1 unspecified atom stereocenters. The number of carbonyl (C=O) groups is 1. The molecule has 2 aromatic rings. The second-order valence-corrected chi connectivity index (χ2v) is 9.03. The molecule has 1 aliphatic heterocycles. The second-order valence-electron chi connectivity index (χ2n) is 6.36. The van der Waals surface area contributed by atoms with Crippen molar-refractivity contribution in [2.45, 2.75) is 19.4 Å². The van der Waals surface area contributed by atoms with E-state index in [0.29, 0.717) is 17.3 Å². The van der Waals surface area contributed by atoms with Crippen LogP contribution in [0.25, 0.3) is 0 Å². The van der Waals surface area contributed by atoms with E-state index in [4.69, 9.17) is 11.6 Å². The third-order valence-corrected chi connectivity index (χ3v) is 6.40. The van der Waals surface area contributed by atoms with Gasteiger partial charge in [-0.3, -0.25) is 4.79 Å². The molecule has 3 rings (SSSR count). The topological polar surface area (TPSA) is 92.3 Å². The summed E-state index contributed by atoms with van der Waals surface area (Å²) in [5.41, 5.74) is 1.98. The largest absolute Gasteiger partial charge is 0.339 e. The molecule has 1 aliphatic rings. The highest BCUT2D eigenvalue weighted by molar-refractivity contribution is 7.91. The number of sulfone groups is 1. The minimum Gasteiger partial charge on any atom is -0.339 e. The molecule has 2 heterocycles. The van der Waals surface area contributed by atoms with Crippen LogP contribution in [0.1, 0.15) is 22.5 Å². The van der Waals surface area contributed by atoms with Crippen LogP contribution in [0.3, 0.4) is 0 Å². The van der Waals surface area contributed by atoms with Crippen molar-refractivity contribution in [1.82, 2.24) is 15.1 Å². The van der Waals surface area contributed by atoms with Crippen molar-refractivity contribution in [1.29, 1.82) is 0 Å². The Morgan fingerprint density at radius 2 is 2.04 bits per heavy atom. The monoisotopic (exact) mass is 394 g/mol. The van der Waals surface area contributed by atoms with E-state index >= 15 is 0 Å². The summed E-state index contributed by atoms with van der Waals surface area (Å²) in [6.45, 7) is 1.92. The molecule has 1 N–H and O–H groups in total. The van der Waals surface area contributed by atoms with Crippen LogP contribution in [-0.4, -0.2) is 54.0 Å². The number of aromatic nitrogens is 2. The van der Waals surface area contributed by atoms with Crippen LogP contribution >= 0.6 is 11.6 Å². The Morgan fingerprint density at radius 3 is 2.62 bits per heavy atom. The van der Waals surface area contributed by atoms with Gasteiger partial charge in [-0.05, 0) is 49.2 Å². The molecule has 1 aromatic carbocycles. The Morgan fingerprint density at radius 1 is 1.27 bits per heavy atom. The van der Waals surface area contributed by atoms with Gasteiger partial charge in [0.25, 0.3) is 5.91 Å². The molecule has 9 heteroatoms. The predicted octanol–water partition coefficient (Wildman–Crippen LogP) is 2.44. The molecule has 138 valence electrons. The molecule has 0 bridgehead atoms. The van der Waals surface area contributed by atoms with E-state index in [1.54, 1.807) is 25.2 Å². The minimum absolute atomic E-state index is 0.00183. The van der Waals surface area contributed by atoms with Crippen LogP contribution in [-0.2, 0) is 9.84 Å². The SMILES string of the molecule is Cc1cc(Cl)ccc1Nc1ccc(C(=O)N(C)C2CCS(=O)(=O)C2)nn1. The van der Waals surface area contributed by atoms with Crippen molar-refractivity contribution < 1.29 is 13.2 Å². The smallest absolute Gasteiger partial charge is 0.274 e. The van der Waals surface area contributed by atoms with Crippen molar-refractivity contribution in [3.63, 3.8) is 0 Å². The first-order valence-electron chi connectivity index (χ1n) is 8.10. The number of anilines is 2. The van der Waals surface area contributed by atoms with Gasteiger partial charge in [0.15, 0.2) is 21.3 Å². The molecule has 0 spiro atoms. The zero-order valence-corrected chi connectivity index (χ0v) is 16.0. The zero-order valence-electron chi connectivity index (χ0n) is 14.4. The summed E-state index contributed by atoms with van der Waals surface area (Å²) in [6, 6.07) is 8.36. The quantitative estimate of drug-likeness (QED) is 0.856. The fourth-order valence-electron chi connectivity index (χ4n) is 2.85. The summed E-state index contributed by atoms with van der Waals surface area (Å²) < 4.78 is 23.2. The molecule has 0 aliphatic carbocycles. The maximum Gasteiger partial charge on any atom is 0.274 e. The standard InChI is InChI=1S/C17H19ClN4O3S/c1-11-9-12(18)3-4-14(11)19-16-6-5-15(20-21-16)17(23)22(2)13-7-8-26(24,25)10-13/h3-6,9,13H,7-8,10H2,1-2H3,(H,19,21). The maximum absolute atomic E-state index is 12.5. The van der Waals surface area contributed by atoms with E-state index in [1.807, 2.05) is 19.1 Å². The number of rotatable bonds is 4. The van der Waals surface area contributed by atoms with Crippen molar-refractivity contribution >= 4 is 38.9 Å². The summed E-state index contributed by atoms with van der Waals surface area (Å²) in [6.07, 6.45) is 0.452. The Kier molecular flexibility index (Phi) is 5.15. The molecular weight excluding hydrogens is 376 g/mol. The van der Waals surface area contributed by atoms with E-state index < -0.39 is 9.84 Å². The summed E-state index contributed by atoms with van der Waals surface area (Å²) in [5, 5.41) is 11.8. The van der Waals surface area contributed by atoms with Crippen LogP contribution in [0.2, 0.25) is 5.02 Å². The van der Waals surface area contributed by atoms with Crippen LogP contribution in [0.4, 0.5) is 11.5 Å². The van der Waals surface area contributed by atoms with Crippen molar-refractivity contribution in [3.05, 3.63) is 46.6 Å². The van der Waals surface area contributed by atoms with Crippen LogP contribution in [0.15, 0.2) is 30.3 Å². The molecular formula is C17H19ClN4O3S. The van der Waals surface area contributed by atoms with Gasteiger partial charge in [-0.15, -0.1) is 10.2 Å². The number of hydrogen-bond donors (Lipinski definition) is 1. The first-order chi connectivity index (χ1) is 12.2. The zero-order chi connectivity index (χ0) is 18.9. The van der Waals surface area contributed by atoms with Gasteiger partial charge in [0.2, 0.25) is 0 Å². The normalized spacial score (nSPS) is 18.5. The summed E-state index contributed by atoms with van der Waals surface area (Å²) in [5.74, 6) is 0.273. The van der Waals surface area contributed by atoms with E-state index in [1.165, 1.54) is 4.90 Å². The number of nitrogens with zero attached hydrogens (tertiary/aromatic N) is 3. The number of aryl methyl sites for hydroxylation is 1. The fraction of sp³-hybridized carbons (Fsp3) is 0.353. The number of carbonyl (C=O) groups excluding carboxylic acids is 1. The lowest BCUT2D eigenvalue weighted by Crippen LogP contribution is -2.38. The Balaban J connectivity index is 1.70. The molecule has 26 heavy (non-hydrogen) atoms. The second kappa shape index (κ2) is 7.20. The molecule has 1 aromatic heterocycles. The lowest BCUT2D eigenvalue weighted by Gasteiger charge is -2.22. The number of amides is 1. The van der Waals surface area contributed by atoms with E-state index in [-0.39, 0.29) is 29.1 Å². The molecule has 7 nitrogen and oxygen atoms in total. The summed E-state index contributed by atoms with van der Waals surface area (Å²) in [4.78, 5) is 13.9. The van der Waals surface area contributed by atoms with Gasteiger partial charge in [0.05, 0.1) is 11.5 Å². The number of benzene rings is 1. The third kappa shape index (κ3) is 4.13. The van der Waals surface area contributed by atoms with Crippen LogP contribution in [0.5, 0.6) is 0 Å². The third-order valence-electron chi connectivity index (χ3n) is 4.41. The first kappa shape index (κ1) is 18.6. The van der Waals surface area contributed by atoms with Crippen LogP contribution in [0, 0.1) is 6.92 Å². The minimum atomic E-state index is -3.05. The van der Waals surface area contributed by atoms with E-state index in [2.05, 4.69) is 15.5 Å². The molecule has 1 atom stereocenters. The Labute approximate surface area is 157 Å².